The van der Waals surface area contributed by atoms with E-state index in [0.29, 0.717) is 17.9 Å². The number of carbonyl (C=O) groups excluding carboxylic acids is 1. The summed E-state index contributed by atoms with van der Waals surface area (Å²) in [7, 11) is 1.66. The van der Waals surface area contributed by atoms with Crippen LogP contribution in [0.25, 0.3) is 0 Å². The van der Waals surface area contributed by atoms with Crippen molar-refractivity contribution in [3.63, 3.8) is 0 Å². The highest BCUT2D eigenvalue weighted by Crippen LogP contribution is 2.45. The number of unbranched alkanes of at least 4 members (excludes halogenated alkanes) is 3. The van der Waals surface area contributed by atoms with Crippen molar-refractivity contribution >= 4 is 5.91 Å². The summed E-state index contributed by atoms with van der Waals surface area (Å²) in [6.07, 6.45) is 7.79. The third-order valence-electron chi connectivity index (χ3n) is 6.90. The fourth-order valence-electron chi connectivity index (χ4n) is 4.62. The van der Waals surface area contributed by atoms with Crippen LogP contribution in [0.2, 0.25) is 0 Å². The molecule has 0 fully saturated rings. The molecule has 0 bridgehead atoms. The number of fused-ring (bicyclic) bond motifs is 1. The van der Waals surface area contributed by atoms with E-state index in [0.717, 1.165) is 61.3 Å². The molecule has 0 aromatic heterocycles. The van der Waals surface area contributed by atoms with E-state index in [1.54, 1.807) is 7.11 Å². The zero-order valence-corrected chi connectivity index (χ0v) is 21.0. The van der Waals surface area contributed by atoms with Gasteiger partial charge in [-0.05, 0) is 70.7 Å². The minimum atomic E-state index is -0.164. The summed E-state index contributed by atoms with van der Waals surface area (Å²) >= 11 is 0. The molecular formula is C26H44N2O3. The van der Waals surface area contributed by atoms with Crippen molar-refractivity contribution in [1.29, 1.82) is 0 Å². The Morgan fingerprint density at radius 1 is 1.13 bits per heavy atom. The Balaban J connectivity index is 2.27. The number of rotatable bonds is 12. The first-order chi connectivity index (χ1) is 14.8. The largest absolute Gasteiger partial charge is 0.496 e. The number of nitrogens with zero attached hydrogens (tertiary/aromatic N) is 1. The first-order valence-corrected chi connectivity index (χ1v) is 12.2. The lowest BCUT2D eigenvalue weighted by molar-refractivity contribution is 0.0517. The quantitative estimate of drug-likeness (QED) is 0.447. The number of carbonyl (C=O) groups is 1. The molecule has 0 spiro atoms. The Hall–Kier alpha value is -1.75. The van der Waals surface area contributed by atoms with Crippen LogP contribution < -0.4 is 14.8 Å². The van der Waals surface area contributed by atoms with Gasteiger partial charge >= 0.3 is 0 Å². The average Bonchev–Trinajstić information content (AvgIpc) is 2.76. The maximum atomic E-state index is 13.3. The third-order valence-corrected chi connectivity index (χ3v) is 6.90. The van der Waals surface area contributed by atoms with Crippen LogP contribution in [0.1, 0.15) is 93.3 Å². The lowest BCUT2D eigenvalue weighted by Crippen LogP contribution is -2.39. The molecule has 0 saturated carbocycles. The zero-order valence-electron chi connectivity index (χ0n) is 21.0. The topological polar surface area (TPSA) is 50.8 Å². The van der Waals surface area contributed by atoms with E-state index in [1.807, 2.05) is 6.92 Å². The number of methoxy groups -OCH3 is 1. The van der Waals surface area contributed by atoms with Crippen LogP contribution in [0, 0.1) is 13.8 Å². The number of nitrogens with one attached hydrogen (secondary N) is 1. The van der Waals surface area contributed by atoms with Gasteiger partial charge in [0.2, 0.25) is 0 Å². The molecule has 0 saturated heterocycles. The minimum absolute atomic E-state index is 0.0569. The smallest absolute Gasteiger partial charge is 0.255 e. The standard InChI is InChI=1S/C26H44N2O3/c1-8-11-12-13-15-26(6)16-14-21-22(25(29)27-17-18-28(9-2)10-3)24(30-7)20(5)19(4)23(21)31-26/h8-18H2,1-7H3,(H,27,29). The van der Waals surface area contributed by atoms with Gasteiger partial charge in [0, 0.05) is 18.7 Å². The second kappa shape index (κ2) is 11.8. The van der Waals surface area contributed by atoms with Crippen LogP contribution in [0.4, 0.5) is 0 Å². The second-order valence-electron chi connectivity index (χ2n) is 9.11. The molecular weight excluding hydrogens is 388 g/mol. The summed E-state index contributed by atoms with van der Waals surface area (Å²) in [4.78, 5) is 15.6. The predicted octanol–water partition coefficient (Wildman–Crippen LogP) is 5.44. The molecule has 1 aromatic rings. The zero-order chi connectivity index (χ0) is 23.0. The molecule has 1 aliphatic heterocycles. The Kier molecular flexibility index (Phi) is 9.67. The van der Waals surface area contributed by atoms with Gasteiger partial charge in [-0.25, -0.2) is 0 Å². The highest BCUT2D eigenvalue weighted by molar-refractivity contribution is 6.00. The van der Waals surface area contributed by atoms with Crippen LogP contribution in [-0.2, 0) is 6.42 Å². The summed E-state index contributed by atoms with van der Waals surface area (Å²) in [5, 5.41) is 3.12. The van der Waals surface area contributed by atoms with Gasteiger partial charge in [-0.2, -0.15) is 0 Å². The molecule has 5 heteroatoms. The lowest BCUT2D eigenvalue weighted by Gasteiger charge is -2.38. The van der Waals surface area contributed by atoms with Gasteiger partial charge in [-0.1, -0.05) is 40.0 Å². The molecule has 1 aliphatic rings. The van der Waals surface area contributed by atoms with E-state index in [-0.39, 0.29) is 11.5 Å². The molecule has 5 nitrogen and oxygen atoms in total. The van der Waals surface area contributed by atoms with Crippen molar-refractivity contribution in [2.24, 2.45) is 0 Å². The van der Waals surface area contributed by atoms with E-state index in [1.165, 1.54) is 25.7 Å². The SMILES string of the molecule is CCCCCCC1(C)CCc2c(c(C)c(C)c(OC)c2C(=O)NCCN(CC)CC)O1. The van der Waals surface area contributed by atoms with Crippen molar-refractivity contribution in [1.82, 2.24) is 10.2 Å². The van der Waals surface area contributed by atoms with Crippen molar-refractivity contribution in [3.8, 4) is 11.5 Å². The van der Waals surface area contributed by atoms with E-state index >= 15 is 0 Å². The van der Waals surface area contributed by atoms with Gasteiger partial charge in [0.05, 0.1) is 12.7 Å². The maximum Gasteiger partial charge on any atom is 0.255 e. The van der Waals surface area contributed by atoms with E-state index in [4.69, 9.17) is 9.47 Å². The number of hydrogen-bond acceptors (Lipinski definition) is 4. The van der Waals surface area contributed by atoms with E-state index in [2.05, 4.69) is 44.8 Å². The molecule has 1 aromatic carbocycles. The van der Waals surface area contributed by atoms with Crippen LogP contribution in [0.5, 0.6) is 11.5 Å². The Morgan fingerprint density at radius 2 is 1.84 bits per heavy atom. The van der Waals surface area contributed by atoms with Crippen molar-refractivity contribution in [2.45, 2.75) is 92.1 Å². The molecule has 1 amide bonds. The fourth-order valence-corrected chi connectivity index (χ4v) is 4.62. The summed E-state index contributed by atoms with van der Waals surface area (Å²) in [5.74, 6) is 1.53. The van der Waals surface area contributed by atoms with Gasteiger partial charge < -0.3 is 19.7 Å². The summed E-state index contributed by atoms with van der Waals surface area (Å²) in [6, 6.07) is 0. The number of amides is 1. The highest BCUT2D eigenvalue weighted by atomic mass is 16.5. The predicted molar refractivity (Wildman–Crippen MR) is 129 cm³/mol. The normalized spacial score (nSPS) is 17.9. The Bertz CT molecular complexity index is 743. The van der Waals surface area contributed by atoms with Crippen LogP contribution in [-0.4, -0.2) is 49.7 Å². The van der Waals surface area contributed by atoms with Crippen molar-refractivity contribution < 1.29 is 14.3 Å². The molecule has 1 N–H and O–H groups in total. The van der Waals surface area contributed by atoms with Crippen molar-refractivity contribution in [2.75, 3.05) is 33.3 Å². The molecule has 0 radical (unpaired) electrons. The number of hydrogen-bond donors (Lipinski definition) is 1. The van der Waals surface area contributed by atoms with Gasteiger partial charge in [0.1, 0.15) is 17.1 Å². The lowest BCUT2D eigenvalue weighted by atomic mass is 9.84. The summed E-state index contributed by atoms with van der Waals surface area (Å²) < 4.78 is 12.4. The number of benzene rings is 1. The van der Waals surface area contributed by atoms with Gasteiger partial charge in [-0.3, -0.25) is 4.79 Å². The minimum Gasteiger partial charge on any atom is -0.496 e. The van der Waals surface area contributed by atoms with Crippen LogP contribution in [0.15, 0.2) is 0 Å². The third kappa shape index (κ3) is 6.15. The summed E-state index contributed by atoms with van der Waals surface area (Å²) in [5.41, 5.74) is 3.58. The van der Waals surface area contributed by atoms with E-state index < -0.39 is 0 Å². The average molecular weight is 433 g/mol. The molecule has 176 valence electrons. The summed E-state index contributed by atoms with van der Waals surface area (Å²) in [6.45, 7) is 16.3. The highest BCUT2D eigenvalue weighted by Gasteiger charge is 2.36. The molecule has 0 aliphatic carbocycles. The monoisotopic (exact) mass is 432 g/mol. The Labute approximate surface area is 189 Å². The first kappa shape index (κ1) is 25.5. The first-order valence-electron chi connectivity index (χ1n) is 12.2. The second-order valence-corrected chi connectivity index (χ2v) is 9.11. The van der Waals surface area contributed by atoms with Gasteiger partial charge in [0.15, 0.2) is 0 Å². The number of likely N-dealkylation sites (N-methyl/N-ethyl adjacent to an activating group) is 1. The number of ether oxygens (including phenoxy) is 2. The maximum absolute atomic E-state index is 13.3. The van der Waals surface area contributed by atoms with Crippen LogP contribution in [0.3, 0.4) is 0 Å². The fraction of sp³-hybridized carbons (Fsp3) is 0.731. The molecule has 1 unspecified atom stereocenters. The molecule has 1 atom stereocenters. The van der Waals surface area contributed by atoms with Gasteiger partial charge in [-0.15, -0.1) is 0 Å². The molecule has 1 heterocycles. The van der Waals surface area contributed by atoms with Crippen LogP contribution >= 0.6 is 0 Å². The molecule has 31 heavy (non-hydrogen) atoms. The van der Waals surface area contributed by atoms with Gasteiger partial charge in [0.25, 0.3) is 5.91 Å². The molecule has 2 rings (SSSR count). The Morgan fingerprint density at radius 3 is 2.45 bits per heavy atom. The van der Waals surface area contributed by atoms with E-state index in [9.17, 15) is 4.79 Å². The van der Waals surface area contributed by atoms with Crippen molar-refractivity contribution in [3.05, 3.63) is 22.3 Å².